The van der Waals surface area contributed by atoms with E-state index >= 15 is 0 Å². The van der Waals surface area contributed by atoms with Crippen molar-refractivity contribution in [3.63, 3.8) is 0 Å². The normalized spacial score (nSPS) is 17.3. The maximum Gasteiger partial charge on any atom is 0.285 e. The number of ketones is 1. The SMILES string of the molecule is CC(=O)C1=NN(c2ccc(Br)cc2)C2=NC(=O)/C(=C/c3ccc(Cl)cc3Cl)C(=O)N12. The number of hydrazone groups is 1. The molecule has 10 heteroatoms. The molecule has 0 N–H and O–H groups in total. The van der Waals surface area contributed by atoms with Gasteiger partial charge in [0.1, 0.15) is 5.57 Å². The number of hydrogen-bond donors (Lipinski definition) is 0. The Bertz CT molecular complexity index is 1210. The first-order chi connectivity index (χ1) is 14.3. The fraction of sp³-hybridized carbons (Fsp3) is 0.0500. The van der Waals surface area contributed by atoms with Gasteiger partial charge in [0.2, 0.25) is 11.8 Å². The van der Waals surface area contributed by atoms with E-state index in [1.54, 1.807) is 36.4 Å². The summed E-state index contributed by atoms with van der Waals surface area (Å²) in [4.78, 5) is 43.1. The molecule has 2 amide bonds. The molecular formula is C20H11BrCl2N4O3. The maximum absolute atomic E-state index is 13.2. The lowest BCUT2D eigenvalue weighted by molar-refractivity contribution is -0.126. The topological polar surface area (TPSA) is 82.4 Å². The summed E-state index contributed by atoms with van der Waals surface area (Å²) in [5.41, 5.74) is 0.711. The van der Waals surface area contributed by atoms with Crippen molar-refractivity contribution >= 4 is 80.3 Å². The number of hydrogen-bond acceptors (Lipinski definition) is 5. The Hall–Kier alpha value is -2.81. The third kappa shape index (κ3) is 3.58. The molecule has 2 aliphatic heterocycles. The molecule has 0 bridgehead atoms. The molecule has 0 aliphatic carbocycles. The number of guanidine groups is 1. The van der Waals surface area contributed by atoms with Crippen LogP contribution >= 0.6 is 39.1 Å². The first-order valence-corrected chi connectivity index (χ1v) is 10.1. The van der Waals surface area contributed by atoms with Gasteiger partial charge in [0, 0.05) is 21.4 Å². The summed E-state index contributed by atoms with van der Waals surface area (Å²) >= 11 is 15.4. The van der Waals surface area contributed by atoms with E-state index in [0.717, 1.165) is 9.37 Å². The summed E-state index contributed by atoms with van der Waals surface area (Å²) in [6.07, 6.45) is 1.32. The van der Waals surface area contributed by atoms with Gasteiger partial charge in [-0.05, 0) is 48.0 Å². The molecule has 0 aromatic heterocycles. The van der Waals surface area contributed by atoms with Crippen molar-refractivity contribution in [2.45, 2.75) is 6.92 Å². The number of carbonyl (C=O) groups is 3. The van der Waals surface area contributed by atoms with Gasteiger partial charge in [0.05, 0.1) is 5.69 Å². The minimum absolute atomic E-state index is 0.0584. The van der Waals surface area contributed by atoms with E-state index in [1.807, 2.05) is 0 Å². The van der Waals surface area contributed by atoms with Gasteiger partial charge in [0.25, 0.3) is 11.8 Å². The Balaban J connectivity index is 1.81. The van der Waals surface area contributed by atoms with Crippen molar-refractivity contribution in [2.75, 3.05) is 5.01 Å². The first kappa shape index (κ1) is 20.5. The Morgan fingerprint density at radius 3 is 2.43 bits per heavy atom. The standard InChI is InChI=1S/C20H11BrCl2N4O3/c1-10(28)17-25-27(14-6-3-12(21)4-7-14)20-24-18(29)15(19(30)26(17)20)8-11-2-5-13(22)9-16(11)23/h2-9H,1H3/b15-8-. The number of fused-ring (bicyclic) bond motifs is 1. The van der Waals surface area contributed by atoms with Gasteiger partial charge in [-0.25, -0.2) is 4.90 Å². The zero-order valence-electron chi connectivity index (χ0n) is 15.3. The molecule has 30 heavy (non-hydrogen) atoms. The second-order valence-corrected chi connectivity index (χ2v) is 8.11. The fourth-order valence-corrected chi connectivity index (χ4v) is 3.63. The second-order valence-electron chi connectivity index (χ2n) is 6.35. The van der Waals surface area contributed by atoms with Gasteiger partial charge in [-0.2, -0.15) is 10.0 Å². The number of aliphatic imine (C=N–C) groups is 1. The van der Waals surface area contributed by atoms with Crippen molar-refractivity contribution in [3.05, 3.63) is 68.1 Å². The number of benzene rings is 2. The second kappa shape index (κ2) is 7.79. The highest BCUT2D eigenvalue weighted by Crippen LogP contribution is 2.30. The number of rotatable bonds is 3. The minimum atomic E-state index is -0.764. The molecule has 0 saturated carbocycles. The average molecular weight is 506 g/mol. The van der Waals surface area contributed by atoms with E-state index in [4.69, 9.17) is 23.2 Å². The van der Waals surface area contributed by atoms with Gasteiger partial charge in [-0.3, -0.25) is 14.4 Å². The van der Waals surface area contributed by atoms with Crippen LogP contribution in [0.3, 0.4) is 0 Å². The highest BCUT2D eigenvalue weighted by Gasteiger charge is 2.44. The zero-order chi connectivity index (χ0) is 21.6. The van der Waals surface area contributed by atoms with Crippen LogP contribution in [0.5, 0.6) is 0 Å². The molecule has 2 aromatic rings. The van der Waals surface area contributed by atoms with Gasteiger partial charge in [-0.1, -0.05) is 45.2 Å². The fourth-order valence-electron chi connectivity index (χ4n) is 2.90. The van der Waals surface area contributed by atoms with E-state index in [2.05, 4.69) is 26.0 Å². The van der Waals surface area contributed by atoms with Crippen LogP contribution < -0.4 is 5.01 Å². The van der Waals surface area contributed by atoms with Crippen LogP contribution in [0.4, 0.5) is 5.69 Å². The summed E-state index contributed by atoms with van der Waals surface area (Å²) in [5, 5.41) is 6.19. The predicted molar refractivity (Wildman–Crippen MR) is 118 cm³/mol. The molecule has 4 rings (SSSR count). The van der Waals surface area contributed by atoms with E-state index in [1.165, 1.54) is 24.1 Å². The molecule has 2 aliphatic rings. The van der Waals surface area contributed by atoms with Gasteiger partial charge in [0.15, 0.2) is 5.78 Å². The Kier molecular flexibility index (Phi) is 5.31. The number of anilines is 1. The highest BCUT2D eigenvalue weighted by atomic mass is 79.9. The number of amidine groups is 1. The molecule has 7 nitrogen and oxygen atoms in total. The molecule has 0 unspecified atom stereocenters. The Labute approximate surface area is 189 Å². The maximum atomic E-state index is 13.2. The lowest BCUT2D eigenvalue weighted by Crippen LogP contribution is -2.49. The van der Waals surface area contributed by atoms with Crippen LogP contribution in [-0.2, 0) is 14.4 Å². The van der Waals surface area contributed by atoms with Crippen LogP contribution in [0.1, 0.15) is 12.5 Å². The molecular weight excluding hydrogens is 495 g/mol. The molecule has 0 spiro atoms. The van der Waals surface area contributed by atoms with Crippen LogP contribution in [-0.4, -0.2) is 34.3 Å². The lowest BCUT2D eigenvalue weighted by atomic mass is 10.1. The smallest absolute Gasteiger partial charge is 0.285 e. The number of nitrogens with zero attached hydrogens (tertiary/aromatic N) is 4. The van der Waals surface area contributed by atoms with E-state index in [0.29, 0.717) is 16.3 Å². The Morgan fingerprint density at radius 2 is 1.80 bits per heavy atom. The summed E-state index contributed by atoms with van der Waals surface area (Å²) < 4.78 is 0.834. The summed E-state index contributed by atoms with van der Waals surface area (Å²) in [7, 11) is 0. The van der Waals surface area contributed by atoms with Crippen molar-refractivity contribution in [2.24, 2.45) is 10.1 Å². The first-order valence-electron chi connectivity index (χ1n) is 8.55. The van der Waals surface area contributed by atoms with Gasteiger partial charge < -0.3 is 0 Å². The largest absolute Gasteiger partial charge is 0.291 e. The lowest BCUT2D eigenvalue weighted by Gasteiger charge is -2.24. The average Bonchev–Trinajstić information content (AvgIpc) is 3.07. The monoisotopic (exact) mass is 504 g/mol. The molecule has 2 aromatic carbocycles. The van der Waals surface area contributed by atoms with E-state index in [9.17, 15) is 14.4 Å². The number of Topliss-reactive ketones (excluding diaryl/α,β-unsaturated/α-hetero) is 1. The molecule has 0 fully saturated rings. The van der Waals surface area contributed by atoms with Crippen molar-refractivity contribution in [3.8, 4) is 0 Å². The molecule has 0 saturated heterocycles. The minimum Gasteiger partial charge on any atom is -0.291 e. The quantitative estimate of drug-likeness (QED) is 0.460. The molecule has 0 radical (unpaired) electrons. The van der Waals surface area contributed by atoms with Crippen LogP contribution in [0, 0.1) is 0 Å². The third-order valence-electron chi connectivity index (χ3n) is 4.31. The summed E-state index contributed by atoms with van der Waals surface area (Å²) in [6, 6.07) is 11.6. The highest BCUT2D eigenvalue weighted by molar-refractivity contribution is 9.10. The number of halogens is 3. The van der Waals surface area contributed by atoms with Gasteiger partial charge in [-0.15, -0.1) is 5.10 Å². The van der Waals surface area contributed by atoms with E-state index < -0.39 is 17.6 Å². The molecule has 150 valence electrons. The number of amides is 2. The van der Waals surface area contributed by atoms with Crippen LogP contribution in [0.15, 0.2) is 62.6 Å². The van der Waals surface area contributed by atoms with Gasteiger partial charge >= 0.3 is 0 Å². The molecule has 2 heterocycles. The molecule has 0 atom stereocenters. The van der Waals surface area contributed by atoms with Crippen LogP contribution in [0.2, 0.25) is 10.0 Å². The van der Waals surface area contributed by atoms with Crippen LogP contribution in [0.25, 0.3) is 6.08 Å². The number of carbonyl (C=O) groups excluding carboxylic acids is 3. The van der Waals surface area contributed by atoms with E-state index in [-0.39, 0.29) is 22.4 Å². The van der Waals surface area contributed by atoms with Crippen molar-refractivity contribution < 1.29 is 14.4 Å². The zero-order valence-corrected chi connectivity index (χ0v) is 18.4. The van der Waals surface area contributed by atoms with Crippen molar-refractivity contribution in [1.29, 1.82) is 0 Å². The predicted octanol–water partition coefficient (Wildman–Crippen LogP) is 4.29. The summed E-state index contributed by atoms with van der Waals surface area (Å²) in [6.45, 7) is 1.28. The third-order valence-corrected chi connectivity index (χ3v) is 5.40. The summed E-state index contributed by atoms with van der Waals surface area (Å²) in [5.74, 6) is -2.13. The van der Waals surface area contributed by atoms with Crippen molar-refractivity contribution in [1.82, 2.24) is 4.90 Å². The Morgan fingerprint density at radius 1 is 1.10 bits per heavy atom.